The van der Waals surface area contributed by atoms with Crippen molar-refractivity contribution < 1.29 is 13.5 Å². The minimum absolute atomic E-state index is 0.239. The highest BCUT2D eigenvalue weighted by molar-refractivity contribution is 5.85. The van der Waals surface area contributed by atoms with Crippen molar-refractivity contribution in [3.8, 4) is 5.75 Å². The van der Waals surface area contributed by atoms with Crippen LogP contribution < -0.4 is 4.74 Å². The van der Waals surface area contributed by atoms with Crippen molar-refractivity contribution in [3.63, 3.8) is 0 Å². The highest BCUT2D eigenvalue weighted by Crippen LogP contribution is 2.36. The van der Waals surface area contributed by atoms with Gasteiger partial charge in [0.25, 0.3) is 0 Å². The molecule has 3 aromatic carbocycles. The van der Waals surface area contributed by atoms with Gasteiger partial charge in [0.05, 0.1) is 0 Å². The maximum absolute atomic E-state index is 14.7. The standard InChI is InChI=1S/C29H30F2O/c1-3-17-32-26-16-15-24-18-25(28(30)29(31)27(24)19-26)14-9-21-7-12-23(13-8-21)22-10-5-20(4-2)6-11-22/h3-4,7-8,12-13,15-16,18-20,22H,1-2,5-6,9-11,14,17H2. The molecule has 3 aromatic rings. The Hall–Kier alpha value is -2.94. The molecule has 0 unspecified atom stereocenters. The molecule has 0 amide bonds. The maximum atomic E-state index is 14.7. The second kappa shape index (κ2) is 10.1. The van der Waals surface area contributed by atoms with Gasteiger partial charge in [-0.1, -0.05) is 49.1 Å². The first-order valence-corrected chi connectivity index (χ1v) is 11.4. The fourth-order valence-corrected chi connectivity index (χ4v) is 4.71. The van der Waals surface area contributed by atoms with E-state index in [4.69, 9.17) is 4.74 Å². The molecule has 0 N–H and O–H groups in total. The van der Waals surface area contributed by atoms with Gasteiger partial charge in [0.2, 0.25) is 0 Å². The van der Waals surface area contributed by atoms with Crippen molar-refractivity contribution >= 4 is 10.8 Å². The Morgan fingerprint density at radius 3 is 2.31 bits per heavy atom. The average molecular weight is 433 g/mol. The summed E-state index contributed by atoms with van der Waals surface area (Å²) in [6.07, 6.45) is 9.67. The predicted octanol–water partition coefficient (Wildman–Crippen LogP) is 7.93. The first-order valence-electron chi connectivity index (χ1n) is 11.4. The fraction of sp³-hybridized carbons (Fsp3) is 0.310. The minimum atomic E-state index is -0.813. The van der Waals surface area contributed by atoms with Crippen LogP contribution in [-0.4, -0.2) is 6.61 Å². The van der Waals surface area contributed by atoms with Crippen molar-refractivity contribution in [3.05, 3.63) is 102 Å². The van der Waals surface area contributed by atoms with E-state index in [1.807, 2.05) is 0 Å². The first kappa shape index (κ1) is 22.3. The SMILES string of the molecule is C=CCOc1ccc2cc(CCc3ccc(C4CCC(C=C)CC4)cc3)c(F)c(F)c2c1. The topological polar surface area (TPSA) is 9.23 Å². The maximum Gasteiger partial charge on any atom is 0.167 e. The Balaban J connectivity index is 1.44. The number of halogens is 2. The number of allylic oxidation sites excluding steroid dienone is 1. The van der Waals surface area contributed by atoms with Crippen LogP contribution in [0.15, 0.2) is 73.8 Å². The van der Waals surface area contributed by atoms with Crippen molar-refractivity contribution in [2.75, 3.05) is 6.61 Å². The van der Waals surface area contributed by atoms with Crippen LogP contribution in [-0.2, 0) is 12.8 Å². The Morgan fingerprint density at radius 2 is 1.62 bits per heavy atom. The first-order chi connectivity index (χ1) is 15.6. The zero-order valence-electron chi connectivity index (χ0n) is 18.5. The number of fused-ring (bicyclic) bond motifs is 1. The largest absolute Gasteiger partial charge is 0.490 e. The van der Waals surface area contributed by atoms with E-state index in [1.165, 1.54) is 31.2 Å². The van der Waals surface area contributed by atoms with Crippen LogP contribution in [0.25, 0.3) is 10.8 Å². The Bertz CT molecular complexity index is 1090. The highest BCUT2D eigenvalue weighted by Gasteiger charge is 2.20. The van der Waals surface area contributed by atoms with Gasteiger partial charge in [-0.2, -0.15) is 0 Å². The lowest BCUT2D eigenvalue weighted by molar-refractivity contribution is 0.363. The molecular formula is C29H30F2O. The van der Waals surface area contributed by atoms with Gasteiger partial charge in [0.1, 0.15) is 12.4 Å². The van der Waals surface area contributed by atoms with E-state index in [-0.39, 0.29) is 5.39 Å². The molecule has 0 radical (unpaired) electrons. The molecule has 0 aliphatic heterocycles. The molecular weight excluding hydrogens is 402 g/mol. The van der Waals surface area contributed by atoms with E-state index < -0.39 is 11.6 Å². The van der Waals surface area contributed by atoms with Gasteiger partial charge in [0.15, 0.2) is 11.6 Å². The van der Waals surface area contributed by atoms with Crippen LogP contribution in [0, 0.1) is 17.6 Å². The lowest BCUT2D eigenvalue weighted by Gasteiger charge is -2.27. The normalized spacial score (nSPS) is 18.4. The summed E-state index contributed by atoms with van der Waals surface area (Å²) in [5.74, 6) is 0.198. The van der Waals surface area contributed by atoms with Gasteiger partial charge < -0.3 is 4.74 Å². The van der Waals surface area contributed by atoms with E-state index >= 15 is 0 Å². The summed E-state index contributed by atoms with van der Waals surface area (Å²) in [5, 5.41) is 0.915. The van der Waals surface area contributed by atoms with E-state index in [9.17, 15) is 8.78 Å². The summed E-state index contributed by atoms with van der Waals surface area (Å²) in [7, 11) is 0. The van der Waals surface area contributed by atoms with Gasteiger partial charge >= 0.3 is 0 Å². The third kappa shape index (κ3) is 4.93. The Kier molecular flexibility index (Phi) is 7.04. The molecule has 32 heavy (non-hydrogen) atoms. The summed E-state index contributed by atoms with van der Waals surface area (Å²) in [4.78, 5) is 0. The summed E-state index contributed by atoms with van der Waals surface area (Å²) in [5.41, 5.74) is 2.93. The minimum Gasteiger partial charge on any atom is -0.490 e. The molecule has 0 spiro atoms. The molecule has 1 fully saturated rings. The van der Waals surface area contributed by atoms with Gasteiger partial charge in [-0.15, -0.1) is 6.58 Å². The smallest absolute Gasteiger partial charge is 0.167 e. The number of hydrogen-bond donors (Lipinski definition) is 0. The molecule has 166 valence electrons. The summed E-state index contributed by atoms with van der Waals surface area (Å²) in [6.45, 7) is 7.84. The van der Waals surface area contributed by atoms with Crippen LogP contribution in [0.2, 0.25) is 0 Å². The molecule has 1 aliphatic rings. The van der Waals surface area contributed by atoms with Crippen LogP contribution >= 0.6 is 0 Å². The van der Waals surface area contributed by atoms with Gasteiger partial charge in [-0.3, -0.25) is 0 Å². The van der Waals surface area contributed by atoms with Crippen LogP contribution in [0.5, 0.6) is 5.75 Å². The molecule has 1 nitrogen and oxygen atoms in total. The number of benzene rings is 3. The van der Waals surface area contributed by atoms with Crippen LogP contribution in [0.3, 0.4) is 0 Å². The van der Waals surface area contributed by atoms with Crippen molar-refractivity contribution in [2.45, 2.75) is 44.4 Å². The number of aryl methyl sites for hydroxylation is 2. The van der Waals surface area contributed by atoms with Gasteiger partial charge in [-0.25, -0.2) is 8.78 Å². The second-order valence-electron chi connectivity index (χ2n) is 8.74. The van der Waals surface area contributed by atoms with Crippen molar-refractivity contribution in [2.24, 2.45) is 5.92 Å². The molecule has 3 heteroatoms. The van der Waals surface area contributed by atoms with E-state index in [0.717, 1.165) is 5.56 Å². The van der Waals surface area contributed by atoms with Crippen LogP contribution in [0.4, 0.5) is 8.78 Å². The molecule has 4 rings (SSSR count). The third-order valence-electron chi connectivity index (χ3n) is 6.67. The zero-order valence-corrected chi connectivity index (χ0v) is 18.5. The molecule has 0 aromatic heterocycles. The van der Waals surface area contributed by atoms with Crippen molar-refractivity contribution in [1.82, 2.24) is 0 Å². The van der Waals surface area contributed by atoms with Crippen LogP contribution in [0.1, 0.15) is 48.3 Å². The monoisotopic (exact) mass is 432 g/mol. The molecule has 0 saturated heterocycles. The predicted molar refractivity (Wildman–Crippen MR) is 128 cm³/mol. The zero-order chi connectivity index (χ0) is 22.5. The summed E-state index contributed by atoms with van der Waals surface area (Å²) >= 11 is 0. The molecule has 0 bridgehead atoms. The molecule has 1 aliphatic carbocycles. The van der Waals surface area contributed by atoms with Gasteiger partial charge in [0, 0.05) is 5.39 Å². The molecule has 0 atom stereocenters. The number of ether oxygens (including phenoxy) is 1. The lowest BCUT2D eigenvalue weighted by atomic mass is 9.78. The summed E-state index contributed by atoms with van der Waals surface area (Å²) in [6, 6.07) is 15.5. The Morgan fingerprint density at radius 1 is 0.875 bits per heavy atom. The quantitative estimate of drug-likeness (QED) is 0.328. The molecule has 0 heterocycles. The number of rotatable bonds is 8. The van der Waals surface area contributed by atoms with E-state index in [1.54, 1.807) is 30.3 Å². The third-order valence-corrected chi connectivity index (χ3v) is 6.67. The summed E-state index contributed by atoms with van der Waals surface area (Å²) < 4.78 is 34.9. The fourth-order valence-electron chi connectivity index (χ4n) is 4.71. The average Bonchev–Trinajstić information content (AvgIpc) is 2.84. The van der Waals surface area contributed by atoms with Gasteiger partial charge in [-0.05, 0) is 90.6 Å². The lowest BCUT2D eigenvalue weighted by Crippen LogP contribution is -2.11. The molecule has 1 saturated carbocycles. The van der Waals surface area contributed by atoms with E-state index in [0.29, 0.717) is 48.0 Å². The Labute approximate surface area is 189 Å². The van der Waals surface area contributed by atoms with Crippen molar-refractivity contribution in [1.29, 1.82) is 0 Å². The number of hydrogen-bond acceptors (Lipinski definition) is 1. The van der Waals surface area contributed by atoms with E-state index in [2.05, 4.69) is 43.5 Å². The second-order valence-corrected chi connectivity index (χ2v) is 8.74. The highest BCUT2D eigenvalue weighted by atomic mass is 19.2.